The molecule has 0 aliphatic carbocycles. The van der Waals surface area contributed by atoms with Gasteiger partial charge in [-0.25, -0.2) is 9.59 Å². The summed E-state index contributed by atoms with van der Waals surface area (Å²) in [7, 11) is 4.07. The van der Waals surface area contributed by atoms with Crippen LogP contribution in [0.25, 0.3) is 5.57 Å². The van der Waals surface area contributed by atoms with Gasteiger partial charge in [-0.1, -0.05) is 68.6 Å². The Labute approximate surface area is 248 Å². The average Bonchev–Trinajstić information content (AvgIpc) is 3.37. The molecule has 0 bridgehead atoms. The van der Waals surface area contributed by atoms with E-state index < -0.39 is 17.5 Å². The van der Waals surface area contributed by atoms with E-state index in [0.29, 0.717) is 37.2 Å². The number of benzene rings is 2. The molecule has 0 atom stereocenters. The third-order valence-corrected chi connectivity index (χ3v) is 10.1. The second-order valence-corrected chi connectivity index (χ2v) is 13.5. The zero-order valence-electron chi connectivity index (χ0n) is 23.7. The van der Waals surface area contributed by atoms with E-state index in [1.165, 1.54) is 14.2 Å². The van der Waals surface area contributed by atoms with Crippen molar-refractivity contribution in [2.24, 2.45) is 0 Å². The Morgan fingerprint density at radius 1 is 0.875 bits per heavy atom. The van der Waals surface area contributed by atoms with Gasteiger partial charge in [-0.15, -0.1) is 0 Å². The summed E-state index contributed by atoms with van der Waals surface area (Å²) >= 11 is 8.28. The molecular formula is C30H31NO6S3. The molecular weight excluding hydrogens is 567 g/mol. The molecule has 0 saturated carbocycles. The number of esters is 2. The summed E-state index contributed by atoms with van der Waals surface area (Å²) in [6.07, 6.45) is 0. The lowest BCUT2D eigenvalue weighted by Crippen LogP contribution is -2.56. The Morgan fingerprint density at radius 2 is 1.43 bits per heavy atom. The number of fused-ring (bicyclic) bond motifs is 1. The maximum absolute atomic E-state index is 14.1. The van der Waals surface area contributed by atoms with Gasteiger partial charge < -0.3 is 14.2 Å². The zero-order valence-corrected chi connectivity index (χ0v) is 26.1. The van der Waals surface area contributed by atoms with Crippen molar-refractivity contribution in [3.8, 4) is 5.75 Å². The highest BCUT2D eigenvalue weighted by Crippen LogP contribution is 2.56. The Balaban J connectivity index is 1.89. The highest BCUT2D eigenvalue weighted by Gasteiger charge is 2.46. The number of anilines is 1. The van der Waals surface area contributed by atoms with Crippen LogP contribution < -0.4 is 9.64 Å². The lowest BCUT2D eigenvalue weighted by Gasteiger charge is -2.45. The summed E-state index contributed by atoms with van der Waals surface area (Å²) < 4.78 is 16.0. The van der Waals surface area contributed by atoms with E-state index >= 15 is 0 Å². The van der Waals surface area contributed by atoms with Crippen molar-refractivity contribution >= 4 is 69.7 Å². The van der Waals surface area contributed by atoms with Crippen molar-refractivity contribution in [2.45, 2.75) is 45.6 Å². The first-order valence-electron chi connectivity index (χ1n) is 12.5. The molecule has 40 heavy (non-hydrogen) atoms. The van der Waals surface area contributed by atoms with E-state index in [2.05, 4.69) is 20.8 Å². The molecule has 4 rings (SSSR count). The number of hydrogen-bond donors (Lipinski definition) is 0. The second kappa shape index (κ2) is 11.1. The van der Waals surface area contributed by atoms with Gasteiger partial charge in [0.15, 0.2) is 0 Å². The van der Waals surface area contributed by atoms with Crippen LogP contribution in [0.1, 0.15) is 56.1 Å². The summed E-state index contributed by atoms with van der Waals surface area (Å²) in [4.78, 5) is 41.7. The number of methoxy groups -OCH3 is 3. The molecule has 0 N–H and O–H groups in total. The van der Waals surface area contributed by atoms with Crippen LogP contribution in [0.4, 0.5) is 5.69 Å². The van der Waals surface area contributed by atoms with E-state index in [1.54, 1.807) is 18.1 Å². The minimum atomic E-state index is -0.931. The van der Waals surface area contributed by atoms with Crippen LogP contribution in [0.2, 0.25) is 0 Å². The summed E-state index contributed by atoms with van der Waals surface area (Å²) in [5.41, 5.74) is 2.63. The van der Waals surface area contributed by atoms with Crippen LogP contribution in [0.5, 0.6) is 5.75 Å². The third kappa shape index (κ3) is 5.20. The van der Waals surface area contributed by atoms with Gasteiger partial charge in [-0.3, -0.25) is 9.69 Å². The molecule has 210 valence electrons. The smallest absolute Gasteiger partial charge is 0.346 e. The fourth-order valence-corrected chi connectivity index (χ4v) is 7.56. The van der Waals surface area contributed by atoms with Crippen molar-refractivity contribution in [3.63, 3.8) is 0 Å². The van der Waals surface area contributed by atoms with Crippen LogP contribution in [0, 0.1) is 0 Å². The van der Waals surface area contributed by atoms with Gasteiger partial charge >= 0.3 is 11.9 Å². The molecule has 2 aromatic carbocycles. The van der Waals surface area contributed by atoms with E-state index in [0.717, 1.165) is 29.1 Å². The molecule has 10 heteroatoms. The van der Waals surface area contributed by atoms with Crippen LogP contribution >= 0.6 is 35.7 Å². The molecule has 0 spiro atoms. The molecule has 0 aromatic heterocycles. The molecule has 0 unspecified atom stereocenters. The SMILES string of the molecule is COC(=O)C1=C(C(=O)OC)SC(=C2C(=S)C(C)(C)N(C(=O)c3ccc(C(C)(C)C)cc3)c3ccc(OC)cc32)S1. The zero-order chi connectivity index (χ0) is 29.6. The summed E-state index contributed by atoms with van der Waals surface area (Å²) in [5, 5.41) is 0. The molecule has 0 saturated heterocycles. The number of carbonyl (C=O) groups excluding carboxylic acids is 3. The van der Waals surface area contributed by atoms with E-state index in [4.69, 9.17) is 26.4 Å². The Hall–Kier alpha value is -3.08. The van der Waals surface area contributed by atoms with Crippen molar-refractivity contribution < 1.29 is 28.6 Å². The maximum Gasteiger partial charge on any atom is 0.346 e. The van der Waals surface area contributed by atoms with E-state index in [1.807, 2.05) is 50.2 Å². The van der Waals surface area contributed by atoms with Crippen molar-refractivity contribution in [1.82, 2.24) is 0 Å². The topological polar surface area (TPSA) is 82.1 Å². The van der Waals surface area contributed by atoms with Gasteiger partial charge in [-0.2, -0.15) is 0 Å². The van der Waals surface area contributed by atoms with Crippen LogP contribution in [-0.2, 0) is 24.5 Å². The number of hydrogen-bond acceptors (Lipinski definition) is 9. The largest absolute Gasteiger partial charge is 0.497 e. The number of thioether (sulfide) groups is 2. The van der Waals surface area contributed by atoms with Crippen LogP contribution in [-0.4, -0.2) is 49.6 Å². The molecule has 2 aliphatic heterocycles. The van der Waals surface area contributed by atoms with Crippen molar-refractivity contribution in [1.29, 1.82) is 0 Å². The molecule has 0 radical (unpaired) electrons. The minimum absolute atomic E-state index is 0.0471. The van der Waals surface area contributed by atoms with Gasteiger partial charge in [0.05, 0.1) is 41.7 Å². The number of rotatable bonds is 4. The second-order valence-electron chi connectivity index (χ2n) is 10.7. The fraction of sp³-hybridized carbons (Fsp3) is 0.333. The Kier molecular flexibility index (Phi) is 8.27. The van der Waals surface area contributed by atoms with Crippen molar-refractivity contribution in [2.75, 3.05) is 26.2 Å². The molecule has 7 nitrogen and oxygen atoms in total. The van der Waals surface area contributed by atoms with E-state index in [9.17, 15) is 14.4 Å². The fourth-order valence-electron chi connectivity index (χ4n) is 4.53. The lowest BCUT2D eigenvalue weighted by molar-refractivity contribution is -0.138. The standard InChI is InChI=1S/C30H31NO6S3/c1-29(2,3)17-11-9-16(10-12-17)25(32)31-20-14-13-18(35-6)15-19(20)21(24(38)30(31,4)5)28-39-22(26(33)36-7)23(40-28)27(34)37-8/h9-15H,1-8H3. The summed E-state index contributed by atoms with van der Waals surface area (Å²) in [6.45, 7) is 10.2. The number of amides is 1. The highest BCUT2D eigenvalue weighted by molar-refractivity contribution is 8.29. The number of nitrogens with zero attached hydrogens (tertiary/aromatic N) is 1. The molecule has 2 aromatic rings. The number of thiocarbonyl (C=S) groups is 1. The predicted octanol–water partition coefficient (Wildman–Crippen LogP) is 6.51. The van der Waals surface area contributed by atoms with Gasteiger partial charge in [-0.05, 0) is 55.2 Å². The summed E-state index contributed by atoms with van der Waals surface area (Å²) in [6, 6.07) is 13.1. The lowest BCUT2D eigenvalue weighted by atomic mass is 9.82. The normalized spacial score (nSPS) is 16.6. The minimum Gasteiger partial charge on any atom is -0.497 e. The van der Waals surface area contributed by atoms with Gasteiger partial charge in [0.2, 0.25) is 0 Å². The first-order chi connectivity index (χ1) is 18.8. The van der Waals surface area contributed by atoms with Gasteiger partial charge in [0.1, 0.15) is 15.6 Å². The number of ether oxygens (including phenoxy) is 3. The quantitative estimate of drug-likeness (QED) is 0.223. The Morgan fingerprint density at radius 3 is 1.90 bits per heavy atom. The molecule has 2 heterocycles. The van der Waals surface area contributed by atoms with E-state index in [-0.39, 0.29) is 21.1 Å². The predicted molar refractivity (Wildman–Crippen MR) is 165 cm³/mol. The number of carbonyl (C=O) groups is 3. The monoisotopic (exact) mass is 597 g/mol. The van der Waals surface area contributed by atoms with Gasteiger partial charge in [0.25, 0.3) is 5.91 Å². The van der Waals surface area contributed by atoms with Gasteiger partial charge in [0, 0.05) is 16.7 Å². The molecule has 1 amide bonds. The van der Waals surface area contributed by atoms with Crippen LogP contribution in [0.3, 0.4) is 0 Å². The Bertz CT molecular complexity index is 1450. The average molecular weight is 598 g/mol. The molecule has 2 aliphatic rings. The first-order valence-corrected chi connectivity index (χ1v) is 14.5. The van der Waals surface area contributed by atoms with Crippen molar-refractivity contribution in [3.05, 3.63) is 73.2 Å². The molecule has 0 fully saturated rings. The first kappa shape index (κ1) is 29.9. The highest BCUT2D eigenvalue weighted by atomic mass is 32.2. The third-order valence-electron chi connectivity index (χ3n) is 6.80. The van der Waals surface area contributed by atoms with Crippen LogP contribution in [0.15, 0.2) is 56.5 Å². The summed E-state index contributed by atoms with van der Waals surface area (Å²) in [5.74, 6) is -0.908. The maximum atomic E-state index is 14.1.